The molecule has 1 aromatic heterocycles. The van der Waals surface area contributed by atoms with Gasteiger partial charge in [0.25, 0.3) is 5.91 Å². The van der Waals surface area contributed by atoms with Crippen molar-refractivity contribution in [1.82, 2.24) is 4.98 Å². The van der Waals surface area contributed by atoms with Crippen LogP contribution < -0.4 is 5.32 Å². The third kappa shape index (κ3) is 3.65. The number of nitrogens with one attached hydrogen (secondary N) is 1. The topological polar surface area (TPSA) is 79.3 Å². The molecule has 0 aliphatic carbocycles. The highest BCUT2D eigenvalue weighted by molar-refractivity contribution is 6.03. The van der Waals surface area contributed by atoms with Crippen LogP contribution in [0.2, 0.25) is 0 Å². The van der Waals surface area contributed by atoms with E-state index in [0.29, 0.717) is 17.8 Å². The number of hydrogen-bond donors (Lipinski definition) is 2. The quantitative estimate of drug-likeness (QED) is 0.874. The number of hydrogen-bond acceptors (Lipinski definition) is 3. The molecule has 2 rings (SSSR count). The molecule has 0 bridgehead atoms. The Hall–Kier alpha value is -2.69. The van der Waals surface area contributed by atoms with Crippen molar-refractivity contribution in [2.75, 3.05) is 5.32 Å². The minimum atomic E-state index is -0.865. The fourth-order valence-corrected chi connectivity index (χ4v) is 1.79. The number of carbonyl (C=O) groups is 2. The smallest absolute Gasteiger partial charge is 0.303 e. The molecular weight excluding hydrogens is 256 g/mol. The Kier molecular flexibility index (Phi) is 4.44. The average molecular weight is 270 g/mol. The standard InChI is InChI=1S/C15H14N2O3/c18-14(19)9-8-11-5-1-2-6-12(11)17-15(20)13-7-3-4-10-16-13/h1-7,10H,8-9H2,(H,17,20)(H,18,19). The highest BCUT2D eigenvalue weighted by Crippen LogP contribution is 2.17. The lowest BCUT2D eigenvalue weighted by molar-refractivity contribution is -0.136. The first-order valence-corrected chi connectivity index (χ1v) is 6.19. The van der Waals surface area contributed by atoms with E-state index in [1.807, 2.05) is 6.07 Å². The van der Waals surface area contributed by atoms with E-state index in [0.717, 1.165) is 5.56 Å². The number of carbonyl (C=O) groups excluding carboxylic acids is 1. The van der Waals surface area contributed by atoms with Crippen molar-refractivity contribution in [2.45, 2.75) is 12.8 Å². The number of aromatic nitrogens is 1. The summed E-state index contributed by atoms with van der Waals surface area (Å²) >= 11 is 0. The van der Waals surface area contributed by atoms with Gasteiger partial charge in [0.1, 0.15) is 5.69 Å². The predicted molar refractivity (Wildman–Crippen MR) is 74.6 cm³/mol. The van der Waals surface area contributed by atoms with Gasteiger partial charge in [-0.25, -0.2) is 0 Å². The number of rotatable bonds is 5. The van der Waals surface area contributed by atoms with E-state index in [-0.39, 0.29) is 12.3 Å². The Bertz CT molecular complexity index is 612. The van der Waals surface area contributed by atoms with E-state index in [1.165, 1.54) is 0 Å². The summed E-state index contributed by atoms with van der Waals surface area (Å²) in [6.07, 6.45) is 1.94. The third-order valence-corrected chi connectivity index (χ3v) is 2.77. The summed E-state index contributed by atoms with van der Waals surface area (Å²) in [7, 11) is 0. The molecular formula is C15H14N2O3. The van der Waals surface area contributed by atoms with E-state index < -0.39 is 5.97 Å². The van der Waals surface area contributed by atoms with Crippen LogP contribution in [0.4, 0.5) is 5.69 Å². The molecule has 102 valence electrons. The van der Waals surface area contributed by atoms with Crippen molar-refractivity contribution in [1.29, 1.82) is 0 Å². The average Bonchev–Trinajstić information content (AvgIpc) is 2.47. The molecule has 20 heavy (non-hydrogen) atoms. The molecule has 5 heteroatoms. The first-order chi connectivity index (χ1) is 9.66. The zero-order valence-electron chi connectivity index (χ0n) is 10.7. The summed E-state index contributed by atoms with van der Waals surface area (Å²) in [5, 5.41) is 11.5. The van der Waals surface area contributed by atoms with Crippen LogP contribution in [0.3, 0.4) is 0 Å². The lowest BCUT2D eigenvalue weighted by atomic mass is 10.1. The molecule has 0 unspecified atom stereocenters. The van der Waals surface area contributed by atoms with Gasteiger partial charge in [-0.15, -0.1) is 0 Å². The van der Waals surface area contributed by atoms with Crippen LogP contribution >= 0.6 is 0 Å². The molecule has 0 aliphatic rings. The zero-order valence-corrected chi connectivity index (χ0v) is 10.7. The van der Waals surface area contributed by atoms with Crippen LogP contribution in [0, 0.1) is 0 Å². The molecule has 0 saturated carbocycles. The number of nitrogens with zero attached hydrogens (tertiary/aromatic N) is 1. The van der Waals surface area contributed by atoms with Gasteiger partial charge < -0.3 is 10.4 Å². The second kappa shape index (κ2) is 6.47. The van der Waals surface area contributed by atoms with Gasteiger partial charge in [0, 0.05) is 18.3 Å². The fraction of sp³-hybridized carbons (Fsp3) is 0.133. The van der Waals surface area contributed by atoms with Gasteiger partial charge in [-0.3, -0.25) is 14.6 Å². The number of amides is 1. The van der Waals surface area contributed by atoms with Gasteiger partial charge in [-0.05, 0) is 30.2 Å². The van der Waals surface area contributed by atoms with Crippen LogP contribution in [0.5, 0.6) is 0 Å². The predicted octanol–water partition coefficient (Wildman–Crippen LogP) is 2.35. The van der Waals surface area contributed by atoms with Crippen molar-refractivity contribution < 1.29 is 14.7 Å². The van der Waals surface area contributed by atoms with Crippen molar-refractivity contribution >= 4 is 17.6 Å². The van der Waals surface area contributed by atoms with Gasteiger partial charge in [0.15, 0.2) is 0 Å². The van der Waals surface area contributed by atoms with Crippen molar-refractivity contribution in [3.05, 3.63) is 59.9 Å². The van der Waals surface area contributed by atoms with Crippen LogP contribution in [-0.4, -0.2) is 22.0 Å². The number of anilines is 1. The van der Waals surface area contributed by atoms with Gasteiger partial charge in [0.2, 0.25) is 0 Å². The first-order valence-electron chi connectivity index (χ1n) is 6.19. The van der Waals surface area contributed by atoms with E-state index in [1.54, 1.807) is 42.6 Å². The molecule has 1 aromatic carbocycles. The Morgan fingerprint density at radius 3 is 2.55 bits per heavy atom. The number of carboxylic acids is 1. The van der Waals surface area contributed by atoms with Crippen LogP contribution in [0.1, 0.15) is 22.5 Å². The van der Waals surface area contributed by atoms with E-state index in [4.69, 9.17) is 5.11 Å². The Morgan fingerprint density at radius 2 is 1.85 bits per heavy atom. The second-order valence-corrected chi connectivity index (χ2v) is 4.22. The van der Waals surface area contributed by atoms with Crippen LogP contribution in [0.25, 0.3) is 0 Å². The fourth-order valence-electron chi connectivity index (χ4n) is 1.79. The van der Waals surface area contributed by atoms with Crippen LogP contribution in [0.15, 0.2) is 48.7 Å². The van der Waals surface area contributed by atoms with Crippen molar-refractivity contribution in [2.24, 2.45) is 0 Å². The number of benzene rings is 1. The Morgan fingerprint density at radius 1 is 1.10 bits per heavy atom. The summed E-state index contributed by atoms with van der Waals surface area (Å²) in [5.41, 5.74) is 1.73. The minimum absolute atomic E-state index is 0.0243. The molecule has 0 atom stereocenters. The van der Waals surface area contributed by atoms with Crippen molar-refractivity contribution in [3.63, 3.8) is 0 Å². The Balaban J connectivity index is 2.13. The molecule has 2 N–H and O–H groups in total. The largest absolute Gasteiger partial charge is 0.481 e. The summed E-state index contributed by atoms with van der Waals surface area (Å²) in [5.74, 6) is -1.18. The van der Waals surface area contributed by atoms with Gasteiger partial charge in [0.05, 0.1) is 0 Å². The maximum Gasteiger partial charge on any atom is 0.303 e. The van der Waals surface area contributed by atoms with Crippen LogP contribution in [-0.2, 0) is 11.2 Å². The maximum absolute atomic E-state index is 12.0. The molecule has 1 heterocycles. The summed E-state index contributed by atoms with van der Waals surface area (Å²) in [6.45, 7) is 0. The summed E-state index contributed by atoms with van der Waals surface area (Å²) in [4.78, 5) is 26.6. The lowest BCUT2D eigenvalue weighted by Gasteiger charge is -2.09. The maximum atomic E-state index is 12.0. The second-order valence-electron chi connectivity index (χ2n) is 4.22. The highest BCUT2D eigenvalue weighted by atomic mass is 16.4. The molecule has 0 spiro atoms. The molecule has 0 radical (unpaired) electrons. The monoisotopic (exact) mass is 270 g/mol. The minimum Gasteiger partial charge on any atom is -0.481 e. The molecule has 5 nitrogen and oxygen atoms in total. The van der Waals surface area contributed by atoms with E-state index in [2.05, 4.69) is 10.3 Å². The number of aliphatic carboxylic acids is 1. The normalized spacial score (nSPS) is 10.0. The summed E-state index contributed by atoms with van der Waals surface area (Å²) < 4.78 is 0. The third-order valence-electron chi connectivity index (χ3n) is 2.77. The van der Waals surface area contributed by atoms with Gasteiger partial charge in [-0.2, -0.15) is 0 Å². The summed E-state index contributed by atoms with van der Waals surface area (Å²) in [6, 6.07) is 12.2. The SMILES string of the molecule is O=C(O)CCc1ccccc1NC(=O)c1ccccn1. The molecule has 0 saturated heterocycles. The number of carboxylic acid groups (broad SMARTS) is 1. The molecule has 2 aromatic rings. The number of para-hydroxylation sites is 1. The molecule has 1 amide bonds. The van der Waals surface area contributed by atoms with Gasteiger partial charge >= 0.3 is 5.97 Å². The number of aryl methyl sites for hydroxylation is 1. The lowest BCUT2D eigenvalue weighted by Crippen LogP contribution is -2.14. The zero-order chi connectivity index (χ0) is 14.4. The number of pyridine rings is 1. The van der Waals surface area contributed by atoms with Gasteiger partial charge in [-0.1, -0.05) is 24.3 Å². The Labute approximate surface area is 116 Å². The molecule has 0 aliphatic heterocycles. The first kappa shape index (κ1) is 13.7. The molecule has 0 fully saturated rings. The van der Waals surface area contributed by atoms with E-state index >= 15 is 0 Å². The highest BCUT2D eigenvalue weighted by Gasteiger charge is 2.10. The van der Waals surface area contributed by atoms with Crippen molar-refractivity contribution in [3.8, 4) is 0 Å². The van der Waals surface area contributed by atoms with E-state index in [9.17, 15) is 9.59 Å².